The maximum absolute atomic E-state index is 5.35. The predicted octanol–water partition coefficient (Wildman–Crippen LogP) is 2.84. The second-order valence-corrected chi connectivity index (χ2v) is 3.84. The summed E-state index contributed by atoms with van der Waals surface area (Å²) in [6.07, 6.45) is 4.53. The molecular weight excluding hydrogens is 175 g/mol. The molecule has 0 bridgehead atoms. The van der Waals surface area contributed by atoms with Gasteiger partial charge in [-0.2, -0.15) is 0 Å². The lowest BCUT2D eigenvalue weighted by atomic mass is 10.1. The fraction of sp³-hybridized carbons (Fsp3) is 0.750. The molecule has 0 radical (unpaired) electrons. The second kappa shape index (κ2) is 5.52. The van der Waals surface area contributed by atoms with Gasteiger partial charge in [-0.05, 0) is 13.3 Å². The van der Waals surface area contributed by atoms with Crippen molar-refractivity contribution < 1.29 is 13.6 Å². The molecule has 4 heteroatoms. The summed E-state index contributed by atoms with van der Waals surface area (Å²) < 4.78 is 15.9. The van der Waals surface area contributed by atoms with Crippen LogP contribution < -0.4 is 0 Å². The lowest BCUT2D eigenvalue weighted by molar-refractivity contribution is 0.0856. The van der Waals surface area contributed by atoms with Gasteiger partial charge >= 0.3 is 8.60 Å². The predicted molar refractivity (Wildman–Crippen MR) is 48.5 cm³/mol. The Hall–Kier alpha value is -0.110. The van der Waals surface area contributed by atoms with E-state index in [2.05, 4.69) is 6.92 Å². The van der Waals surface area contributed by atoms with E-state index < -0.39 is 8.60 Å². The molecule has 1 rings (SSSR count). The van der Waals surface area contributed by atoms with Gasteiger partial charge in [-0.3, -0.25) is 0 Å². The van der Waals surface area contributed by atoms with Crippen LogP contribution >= 0.6 is 8.60 Å². The average Bonchev–Trinajstić information content (AvgIpc) is 2.15. The molecule has 0 spiro atoms. The lowest BCUT2D eigenvalue weighted by Gasteiger charge is -2.25. The van der Waals surface area contributed by atoms with Gasteiger partial charge in [0, 0.05) is 5.92 Å². The molecule has 1 saturated heterocycles. The summed E-state index contributed by atoms with van der Waals surface area (Å²) in [5.74, 6) is 0.540. The summed E-state index contributed by atoms with van der Waals surface area (Å²) in [7, 11) is -1.10. The van der Waals surface area contributed by atoms with Crippen LogP contribution in [0.3, 0.4) is 0 Å². The van der Waals surface area contributed by atoms with Crippen LogP contribution in [-0.4, -0.2) is 13.2 Å². The van der Waals surface area contributed by atoms with E-state index in [9.17, 15) is 0 Å². The zero-order valence-corrected chi connectivity index (χ0v) is 8.42. The molecule has 12 heavy (non-hydrogen) atoms. The van der Waals surface area contributed by atoms with Crippen LogP contribution in [0.25, 0.3) is 0 Å². The molecule has 0 aromatic carbocycles. The Morgan fingerprint density at radius 3 is 2.67 bits per heavy atom. The largest absolute Gasteiger partial charge is 0.435 e. The Bertz CT molecular complexity index is 141. The van der Waals surface area contributed by atoms with E-state index >= 15 is 0 Å². The Labute approximate surface area is 74.7 Å². The van der Waals surface area contributed by atoms with Crippen LogP contribution in [0.5, 0.6) is 0 Å². The van der Waals surface area contributed by atoms with Crippen molar-refractivity contribution in [2.45, 2.75) is 20.3 Å². The number of allylic oxidation sites excluding steroid dienone is 1. The summed E-state index contributed by atoms with van der Waals surface area (Å²) in [5, 5.41) is 0. The topological polar surface area (TPSA) is 27.7 Å². The molecule has 1 heterocycles. The van der Waals surface area contributed by atoms with Crippen LogP contribution in [0.15, 0.2) is 12.3 Å². The van der Waals surface area contributed by atoms with Gasteiger partial charge in [-0.15, -0.1) is 0 Å². The molecule has 0 aromatic heterocycles. The van der Waals surface area contributed by atoms with E-state index in [0.717, 1.165) is 19.6 Å². The van der Waals surface area contributed by atoms with Gasteiger partial charge in [0.25, 0.3) is 0 Å². The lowest BCUT2D eigenvalue weighted by Crippen LogP contribution is -2.18. The second-order valence-electron chi connectivity index (χ2n) is 2.66. The molecule has 0 atom stereocenters. The highest BCUT2D eigenvalue weighted by Gasteiger charge is 2.23. The summed E-state index contributed by atoms with van der Waals surface area (Å²) in [6, 6.07) is 0. The molecule has 0 aliphatic carbocycles. The maximum Gasteiger partial charge on any atom is 0.396 e. The van der Waals surface area contributed by atoms with Crippen molar-refractivity contribution >= 4 is 8.60 Å². The monoisotopic (exact) mass is 190 g/mol. The minimum atomic E-state index is -1.10. The molecule has 3 nitrogen and oxygen atoms in total. The van der Waals surface area contributed by atoms with Gasteiger partial charge < -0.3 is 13.6 Å². The van der Waals surface area contributed by atoms with Crippen molar-refractivity contribution in [1.82, 2.24) is 0 Å². The van der Waals surface area contributed by atoms with Crippen LogP contribution in [0.4, 0.5) is 0 Å². The molecular formula is C8H15O3P. The van der Waals surface area contributed by atoms with Gasteiger partial charge in [0.2, 0.25) is 0 Å². The summed E-state index contributed by atoms with van der Waals surface area (Å²) in [5.41, 5.74) is 0. The fourth-order valence-corrected chi connectivity index (χ4v) is 1.91. The van der Waals surface area contributed by atoms with Crippen LogP contribution in [-0.2, 0) is 13.6 Å². The zero-order chi connectivity index (χ0) is 8.81. The minimum absolute atomic E-state index is 0.540. The van der Waals surface area contributed by atoms with Gasteiger partial charge in [-0.25, -0.2) is 0 Å². The third kappa shape index (κ3) is 3.10. The van der Waals surface area contributed by atoms with E-state index in [-0.39, 0.29) is 0 Å². The van der Waals surface area contributed by atoms with Crippen molar-refractivity contribution in [1.29, 1.82) is 0 Å². The summed E-state index contributed by atoms with van der Waals surface area (Å²) in [6.45, 7) is 5.56. The van der Waals surface area contributed by atoms with Crippen LogP contribution in [0, 0.1) is 5.92 Å². The summed E-state index contributed by atoms with van der Waals surface area (Å²) in [4.78, 5) is 0. The van der Waals surface area contributed by atoms with E-state index in [4.69, 9.17) is 13.6 Å². The fourth-order valence-electron chi connectivity index (χ4n) is 0.825. The van der Waals surface area contributed by atoms with Gasteiger partial charge in [0.15, 0.2) is 0 Å². The minimum Gasteiger partial charge on any atom is -0.435 e. The van der Waals surface area contributed by atoms with Crippen LogP contribution in [0.2, 0.25) is 0 Å². The average molecular weight is 190 g/mol. The Kier molecular flexibility index (Phi) is 4.59. The molecule has 0 unspecified atom stereocenters. The Morgan fingerprint density at radius 2 is 2.17 bits per heavy atom. The molecule has 1 aliphatic rings. The van der Waals surface area contributed by atoms with Crippen LogP contribution in [0.1, 0.15) is 20.3 Å². The highest BCUT2D eigenvalue weighted by molar-refractivity contribution is 7.41. The van der Waals surface area contributed by atoms with Crippen molar-refractivity contribution in [3.63, 3.8) is 0 Å². The first-order valence-corrected chi connectivity index (χ1v) is 5.30. The SMILES string of the molecule is CC=COP1OCC(CC)CO1. The van der Waals surface area contributed by atoms with E-state index in [1.807, 2.05) is 13.0 Å². The smallest absolute Gasteiger partial charge is 0.396 e. The molecule has 0 saturated carbocycles. The van der Waals surface area contributed by atoms with Crippen molar-refractivity contribution in [2.24, 2.45) is 5.92 Å². The normalized spacial score (nSPS) is 30.8. The number of rotatable bonds is 3. The number of hydrogen-bond donors (Lipinski definition) is 0. The molecule has 0 N–H and O–H groups in total. The van der Waals surface area contributed by atoms with Crippen molar-refractivity contribution in [3.05, 3.63) is 12.3 Å². The number of hydrogen-bond acceptors (Lipinski definition) is 3. The molecule has 70 valence electrons. The first-order chi connectivity index (χ1) is 5.86. The zero-order valence-electron chi connectivity index (χ0n) is 7.53. The van der Waals surface area contributed by atoms with Crippen molar-refractivity contribution in [2.75, 3.05) is 13.2 Å². The standard InChI is InChI=1S/C8H15O3P/c1-3-5-9-12-10-6-8(4-2)7-11-12/h3,5,8H,4,6-7H2,1-2H3. The third-order valence-electron chi connectivity index (χ3n) is 1.69. The highest BCUT2D eigenvalue weighted by atomic mass is 31.2. The third-order valence-corrected chi connectivity index (χ3v) is 2.71. The molecule has 1 fully saturated rings. The molecule has 0 aromatic rings. The first-order valence-electron chi connectivity index (χ1n) is 4.20. The van der Waals surface area contributed by atoms with Gasteiger partial charge in [0.1, 0.15) is 0 Å². The molecule has 0 amide bonds. The van der Waals surface area contributed by atoms with E-state index in [1.165, 1.54) is 0 Å². The maximum atomic E-state index is 5.35. The molecule has 1 aliphatic heterocycles. The Morgan fingerprint density at radius 1 is 1.50 bits per heavy atom. The summed E-state index contributed by atoms with van der Waals surface area (Å²) >= 11 is 0. The highest BCUT2D eigenvalue weighted by Crippen LogP contribution is 2.44. The van der Waals surface area contributed by atoms with E-state index in [0.29, 0.717) is 5.92 Å². The Balaban J connectivity index is 2.17. The van der Waals surface area contributed by atoms with Crippen molar-refractivity contribution in [3.8, 4) is 0 Å². The van der Waals surface area contributed by atoms with Gasteiger partial charge in [0.05, 0.1) is 19.5 Å². The van der Waals surface area contributed by atoms with E-state index in [1.54, 1.807) is 6.26 Å². The first kappa shape index (κ1) is 9.97. The van der Waals surface area contributed by atoms with Gasteiger partial charge in [-0.1, -0.05) is 13.0 Å². The quantitative estimate of drug-likeness (QED) is 0.506.